The number of carbonyl (C=O) groups is 2. The summed E-state index contributed by atoms with van der Waals surface area (Å²) in [5.41, 5.74) is 9.93. The molecule has 4 N–H and O–H groups in total. The maximum Gasteiger partial charge on any atom is 0.258 e. The van der Waals surface area contributed by atoms with Crippen LogP contribution in [0.5, 0.6) is 0 Å². The quantitative estimate of drug-likeness (QED) is 0.460. The summed E-state index contributed by atoms with van der Waals surface area (Å²) in [6, 6.07) is 12.8. The van der Waals surface area contributed by atoms with Gasteiger partial charge in [-0.3, -0.25) is 9.59 Å². The summed E-state index contributed by atoms with van der Waals surface area (Å²) in [5.74, 6) is -0.374. The van der Waals surface area contributed by atoms with Crippen LogP contribution in [0.1, 0.15) is 21.5 Å². The number of benzene rings is 2. The Balaban J connectivity index is 1.56. The Kier molecular flexibility index (Phi) is 5.31. The van der Waals surface area contributed by atoms with Crippen LogP contribution in [0.4, 0.5) is 17.2 Å². The van der Waals surface area contributed by atoms with Crippen molar-refractivity contribution >= 4 is 40.2 Å². The van der Waals surface area contributed by atoms with Gasteiger partial charge in [-0.25, -0.2) is 15.0 Å². The Morgan fingerprint density at radius 1 is 0.935 bits per heavy atom. The number of nitrogen functional groups attached to an aromatic ring is 1. The van der Waals surface area contributed by atoms with Crippen molar-refractivity contribution in [2.24, 2.45) is 0 Å². The molecule has 0 aliphatic rings. The molecule has 0 fully saturated rings. The number of aromatic nitrogens is 4. The highest BCUT2D eigenvalue weighted by Crippen LogP contribution is 2.23. The molecule has 0 unspecified atom stereocenters. The molecular formula is C22H21N7O2. The molecule has 0 atom stereocenters. The van der Waals surface area contributed by atoms with Crippen molar-refractivity contribution in [3.05, 3.63) is 71.8 Å². The highest BCUT2D eigenvalue weighted by molar-refractivity contribution is 6.11. The van der Waals surface area contributed by atoms with Gasteiger partial charge >= 0.3 is 0 Å². The fourth-order valence-electron chi connectivity index (χ4n) is 3.33. The number of para-hydroxylation sites is 1. The lowest BCUT2D eigenvalue weighted by Gasteiger charge is -2.15. The zero-order valence-corrected chi connectivity index (χ0v) is 17.1. The lowest BCUT2D eigenvalue weighted by Crippen LogP contribution is -2.22. The number of carbonyl (C=O) groups excluding carboxylic acids is 2. The number of anilines is 3. The number of hydrogen-bond donors (Lipinski definition) is 3. The van der Waals surface area contributed by atoms with Crippen molar-refractivity contribution < 1.29 is 9.59 Å². The summed E-state index contributed by atoms with van der Waals surface area (Å²) in [6.45, 7) is 3.70. The predicted molar refractivity (Wildman–Crippen MR) is 119 cm³/mol. The standard InChI is InChI=1S/C22H21N7O2/c1-13-6-3-4-8-15(13)28-22(31)18-14(2)7-5-9-16(18)27-17(30)10-29-12-26-19-20(23)24-11-25-21(19)29/h3-9,11-12H,10H2,1-2H3,(H,27,30)(H,28,31)(H2,23,24,25). The van der Waals surface area contributed by atoms with Crippen LogP contribution in [-0.4, -0.2) is 31.3 Å². The second-order valence-corrected chi connectivity index (χ2v) is 7.12. The first kappa shape index (κ1) is 20.0. The second kappa shape index (κ2) is 8.23. The number of rotatable bonds is 5. The molecule has 0 aliphatic heterocycles. The Morgan fingerprint density at radius 3 is 2.48 bits per heavy atom. The van der Waals surface area contributed by atoms with E-state index >= 15 is 0 Å². The first-order valence-electron chi connectivity index (χ1n) is 9.62. The molecule has 0 bridgehead atoms. The molecule has 4 aromatic rings. The first-order valence-corrected chi connectivity index (χ1v) is 9.62. The van der Waals surface area contributed by atoms with E-state index in [0.29, 0.717) is 22.4 Å². The van der Waals surface area contributed by atoms with E-state index in [2.05, 4.69) is 25.6 Å². The minimum Gasteiger partial charge on any atom is -0.382 e. The maximum absolute atomic E-state index is 13.0. The Morgan fingerprint density at radius 2 is 1.68 bits per heavy atom. The van der Waals surface area contributed by atoms with Crippen LogP contribution in [0.3, 0.4) is 0 Å². The van der Waals surface area contributed by atoms with Gasteiger partial charge in [0.05, 0.1) is 17.6 Å². The molecular weight excluding hydrogens is 394 g/mol. The highest BCUT2D eigenvalue weighted by Gasteiger charge is 2.18. The van der Waals surface area contributed by atoms with Gasteiger partial charge in [-0.1, -0.05) is 30.3 Å². The number of nitrogens with one attached hydrogen (secondary N) is 2. The van der Waals surface area contributed by atoms with Gasteiger partial charge in [0.15, 0.2) is 11.5 Å². The molecule has 2 aromatic carbocycles. The van der Waals surface area contributed by atoms with E-state index in [0.717, 1.165) is 16.8 Å². The van der Waals surface area contributed by atoms with Crippen molar-refractivity contribution in [2.45, 2.75) is 20.4 Å². The molecule has 31 heavy (non-hydrogen) atoms. The van der Waals surface area contributed by atoms with Crippen LogP contribution in [0, 0.1) is 13.8 Å². The van der Waals surface area contributed by atoms with Crippen LogP contribution in [0.15, 0.2) is 55.1 Å². The van der Waals surface area contributed by atoms with E-state index in [4.69, 9.17) is 5.73 Å². The van der Waals surface area contributed by atoms with Crippen molar-refractivity contribution in [3.8, 4) is 0 Å². The molecule has 0 saturated carbocycles. The van der Waals surface area contributed by atoms with Gasteiger partial charge in [0.2, 0.25) is 5.91 Å². The highest BCUT2D eigenvalue weighted by atomic mass is 16.2. The summed E-state index contributed by atoms with van der Waals surface area (Å²) in [7, 11) is 0. The molecule has 156 valence electrons. The average Bonchev–Trinajstić information content (AvgIpc) is 3.14. The fourth-order valence-corrected chi connectivity index (χ4v) is 3.33. The third-order valence-electron chi connectivity index (χ3n) is 4.91. The SMILES string of the molecule is Cc1ccccc1NC(=O)c1c(C)cccc1NC(=O)Cn1cnc2c(N)ncnc21. The van der Waals surface area contributed by atoms with Crippen LogP contribution in [0.25, 0.3) is 11.2 Å². The number of fused-ring (bicyclic) bond motifs is 1. The predicted octanol–water partition coefficient (Wildman–Crippen LogP) is 2.92. The normalized spacial score (nSPS) is 10.8. The molecule has 2 aromatic heterocycles. The zero-order chi connectivity index (χ0) is 22.0. The maximum atomic E-state index is 13.0. The summed E-state index contributed by atoms with van der Waals surface area (Å²) in [6.07, 6.45) is 2.81. The lowest BCUT2D eigenvalue weighted by molar-refractivity contribution is -0.116. The monoisotopic (exact) mass is 415 g/mol. The zero-order valence-electron chi connectivity index (χ0n) is 17.1. The van der Waals surface area contributed by atoms with E-state index in [1.807, 2.05) is 44.2 Å². The van der Waals surface area contributed by atoms with Crippen molar-refractivity contribution in [1.29, 1.82) is 0 Å². The van der Waals surface area contributed by atoms with Crippen molar-refractivity contribution in [1.82, 2.24) is 19.5 Å². The summed E-state index contributed by atoms with van der Waals surface area (Å²) >= 11 is 0. The minimum atomic E-state index is -0.327. The smallest absolute Gasteiger partial charge is 0.258 e. The molecule has 4 rings (SSSR count). The molecule has 0 radical (unpaired) electrons. The van der Waals surface area contributed by atoms with Crippen LogP contribution in [-0.2, 0) is 11.3 Å². The number of nitrogens with two attached hydrogens (primary N) is 1. The van der Waals surface area contributed by atoms with E-state index in [-0.39, 0.29) is 24.2 Å². The summed E-state index contributed by atoms with van der Waals surface area (Å²) in [5, 5.41) is 5.75. The van der Waals surface area contributed by atoms with E-state index < -0.39 is 0 Å². The van der Waals surface area contributed by atoms with E-state index in [1.54, 1.807) is 16.7 Å². The largest absolute Gasteiger partial charge is 0.382 e. The first-order chi connectivity index (χ1) is 14.9. The van der Waals surface area contributed by atoms with Crippen LogP contribution >= 0.6 is 0 Å². The van der Waals surface area contributed by atoms with Gasteiger partial charge in [-0.2, -0.15) is 0 Å². The molecule has 9 nitrogen and oxygen atoms in total. The Bertz CT molecular complexity index is 1300. The second-order valence-electron chi connectivity index (χ2n) is 7.12. The van der Waals surface area contributed by atoms with Gasteiger partial charge in [-0.15, -0.1) is 0 Å². The fraction of sp³-hybridized carbons (Fsp3) is 0.136. The third kappa shape index (κ3) is 4.06. The number of nitrogens with zero attached hydrogens (tertiary/aromatic N) is 4. The Labute approximate surface area is 178 Å². The average molecular weight is 415 g/mol. The van der Waals surface area contributed by atoms with Crippen molar-refractivity contribution in [3.63, 3.8) is 0 Å². The van der Waals surface area contributed by atoms with Gasteiger partial charge in [-0.05, 0) is 37.1 Å². The number of imidazole rings is 1. The molecule has 0 saturated heterocycles. The topological polar surface area (TPSA) is 128 Å². The molecule has 0 spiro atoms. The summed E-state index contributed by atoms with van der Waals surface area (Å²) < 4.78 is 1.57. The third-order valence-corrected chi connectivity index (χ3v) is 4.91. The van der Waals surface area contributed by atoms with Gasteiger partial charge in [0.1, 0.15) is 18.4 Å². The van der Waals surface area contributed by atoms with Gasteiger partial charge < -0.3 is 20.9 Å². The lowest BCUT2D eigenvalue weighted by atomic mass is 10.0. The number of hydrogen-bond acceptors (Lipinski definition) is 6. The van der Waals surface area contributed by atoms with E-state index in [1.165, 1.54) is 12.7 Å². The number of aryl methyl sites for hydroxylation is 2. The number of amides is 2. The molecule has 2 heterocycles. The van der Waals surface area contributed by atoms with Crippen LogP contribution < -0.4 is 16.4 Å². The van der Waals surface area contributed by atoms with Gasteiger partial charge in [0, 0.05) is 5.69 Å². The summed E-state index contributed by atoms with van der Waals surface area (Å²) in [4.78, 5) is 38.0. The molecule has 0 aliphatic carbocycles. The van der Waals surface area contributed by atoms with Crippen molar-refractivity contribution in [2.75, 3.05) is 16.4 Å². The van der Waals surface area contributed by atoms with Gasteiger partial charge in [0.25, 0.3) is 5.91 Å². The Hall–Kier alpha value is -4.27. The minimum absolute atomic E-state index is 0.0419. The molecule has 9 heteroatoms. The van der Waals surface area contributed by atoms with Crippen LogP contribution in [0.2, 0.25) is 0 Å². The van der Waals surface area contributed by atoms with E-state index in [9.17, 15) is 9.59 Å². The molecule has 2 amide bonds.